The molecule has 33 atom stereocenters. The minimum atomic E-state index is -3.01. The van der Waals surface area contributed by atoms with Gasteiger partial charge in [-0.1, -0.05) is 0 Å². The first-order valence-electron chi connectivity index (χ1n) is 30.8. The SMILES string of the molecule is CO[C@H](OC[C@H](O)C(CO)O[C@H](CO)O[C@@H]1C(CO)O[C@@H](O[C@@H]2C(CO)O[C@@H](C)C(NC(C)=O)C2O)C(NC(C)=O)C1O)C(O[C@@H]1OC(CO)[C@@H](O[C@@H]2OC(CO[C@]3(C(=O)O)CC(O)[C@@H](NC(C)=O)C([C@@H](O)[C@H](O)CO)O3)[C@H](O)C(O)C2O)C(O)C1NC(C)=O)C(O)[C@H](O)CCO. The molecule has 5 saturated heterocycles. The molecule has 0 aromatic carbocycles. The second-order valence-corrected chi connectivity index (χ2v) is 23.8. The summed E-state index contributed by atoms with van der Waals surface area (Å²) in [6.45, 7) is -3.43. The minimum Gasteiger partial charge on any atom is -0.477 e. The van der Waals surface area contributed by atoms with Gasteiger partial charge in [-0.05, 0) is 13.3 Å². The molecule has 0 bridgehead atoms. The van der Waals surface area contributed by atoms with E-state index in [2.05, 4.69) is 21.3 Å². The number of hydrogen-bond acceptors (Lipinski definition) is 37. The van der Waals surface area contributed by atoms with Crippen LogP contribution in [0.1, 0.15) is 47.5 Å². The van der Waals surface area contributed by atoms with E-state index in [0.717, 1.165) is 27.9 Å². The van der Waals surface area contributed by atoms with Crippen LogP contribution in [-0.4, -0.2) is 400 Å². The zero-order chi connectivity index (χ0) is 72.7. The van der Waals surface area contributed by atoms with E-state index in [-0.39, 0.29) is 0 Å². The van der Waals surface area contributed by atoms with Crippen molar-refractivity contribution < 1.29 is 188 Å². The van der Waals surface area contributed by atoms with Gasteiger partial charge in [0.1, 0.15) is 134 Å². The first-order chi connectivity index (χ1) is 45.7. The Kier molecular flexibility index (Phi) is 33.1. The Morgan fingerprint density at radius 2 is 1.06 bits per heavy atom. The van der Waals surface area contributed by atoms with Crippen molar-refractivity contribution in [1.29, 1.82) is 0 Å². The first-order valence-corrected chi connectivity index (χ1v) is 30.8. The molecule has 24 N–H and O–H groups in total. The van der Waals surface area contributed by atoms with Crippen molar-refractivity contribution in [3.8, 4) is 0 Å². The monoisotopic (exact) mass is 1420 g/mol. The maximum absolute atomic E-state index is 12.8. The molecule has 0 aliphatic carbocycles. The van der Waals surface area contributed by atoms with Crippen molar-refractivity contribution in [1.82, 2.24) is 21.3 Å². The van der Waals surface area contributed by atoms with Gasteiger partial charge in [-0.15, -0.1) is 0 Å². The smallest absolute Gasteiger partial charge is 0.364 e. The highest BCUT2D eigenvalue weighted by Crippen LogP contribution is 2.37. The number of methoxy groups -OCH3 is 1. The summed E-state index contributed by atoms with van der Waals surface area (Å²) in [7, 11) is 0.954. The van der Waals surface area contributed by atoms with Crippen LogP contribution in [0.25, 0.3) is 0 Å². The van der Waals surface area contributed by atoms with E-state index in [9.17, 15) is 126 Å². The number of aliphatic hydroxyl groups is 19. The predicted octanol–water partition coefficient (Wildman–Crippen LogP) is -14.5. The third kappa shape index (κ3) is 21.1. The number of carbonyl (C=O) groups excluding carboxylic acids is 4. The molecular weight excluding hydrogens is 1320 g/mol. The number of carbonyl (C=O) groups is 5. The third-order valence-corrected chi connectivity index (χ3v) is 16.7. The average molecular weight is 1420 g/mol. The molecule has 5 fully saturated rings. The highest BCUT2D eigenvalue weighted by Gasteiger charge is 2.59. The standard InChI is InChI=1S/C55H96N4O38/c1-18-33(56-19(2)67)40(78)46(28(12-63)88-18)94-50-35(58-21(4)69)41(79)45(29(13-64)90-50)93-32(15-66)89-27(11-62)26(74)16-86-53(85-6)49(37(75)23(71)7-8-60)96-51-36(59-22(5)70)42(80)47(30(14-65)91-51)95-52-44(82)43(81)39(77)31(92-52)17-87-55(54(83)84)9-24(72)34(57-20(3)68)48(97-55)38(76)25(73)10-61/h18,23-53,60-66,71-82H,7-17H2,1-6H3,(H,56,67)(H,57,68)(H,58,69)(H,59,70)(H,83,84)/t18-,23+,24?,25+,26-,27?,28?,29?,30?,31?,32-,33?,34+,35?,36?,37?,38-,39-,40?,41?,42?,43?,44?,45+,46+,47+,48?,49?,50-,51-,52-,53+,55+/m0/s1. The predicted molar refractivity (Wildman–Crippen MR) is 308 cm³/mol. The van der Waals surface area contributed by atoms with Crippen LogP contribution in [0, 0.1) is 0 Å². The molecule has 5 aliphatic rings. The molecular formula is C55H96N4O38. The first kappa shape index (κ1) is 83.7. The summed E-state index contributed by atoms with van der Waals surface area (Å²) in [5.41, 5.74) is 0. The van der Waals surface area contributed by atoms with E-state index in [1.54, 1.807) is 0 Å². The number of rotatable bonds is 36. The fraction of sp³-hybridized carbons (Fsp3) is 0.909. The van der Waals surface area contributed by atoms with Crippen LogP contribution in [0.5, 0.6) is 0 Å². The number of hydrogen-bond donors (Lipinski definition) is 24. The maximum atomic E-state index is 12.8. The van der Waals surface area contributed by atoms with E-state index in [1.165, 1.54) is 13.8 Å². The largest absolute Gasteiger partial charge is 0.477 e. The van der Waals surface area contributed by atoms with Gasteiger partial charge in [0, 0.05) is 47.8 Å². The molecule has 0 aromatic heterocycles. The summed E-state index contributed by atoms with van der Waals surface area (Å²) in [5, 5.41) is 226. The summed E-state index contributed by atoms with van der Waals surface area (Å²) in [5.74, 6) is -8.07. The van der Waals surface area contributed by atoms with E-state index >= 15 is 0 Å². The lowest BCUT2D eigenvalue weighted by atomic mass is 9.88. The number of amides is 4. The lowest BCUT2D eigenvalue weighted by molar-refractivity contribution is -0.367. The molecule has 0 saturated carbocycles. The summed E-state index contributed by atoms with van der Waals surface area (Å²) in [4.78, 5) is 62.2. The summed E-state index contributed by atoms with van der Waals surface area (Å²) < 4.78 is 75.1. The van der Waals surface area contributed by atoms with Gasteiger partial charge in [0.2, 0.25) is 23.6 Å². The van der Waals surface area contributed by atoms with Crippen LogP contribution < -0.4 is 21.3 Å². The van der Waals surface area contributed by atoms with Crippen LogP contribution in [0.3, 0.4) is 0 Å². The maximum Gasteiger partial charge on any atom is 0.364 e. The van der Waals surface area contributed by atoms with E-state index in [4.69, 9.17) is 61.6 Å². The Hall–Kier alpha value is -3.93. The fourth-order valence-electron chi connectivity index (χ4n) is 11.7. The molecule has 0 aromatic rings. The van der Waals surface area contributed by atoms with E-state index in [1.807, 2.05) is 0 Å². The highest BCUT2D eigenvalue weighted by atomic mass is 16.8. The van der Waals surface area contributed by atoms with Crippen molar-refractivity contribution in [2.24, 2.45) is 0 Å². The highest BCUT2D eigenvalue weighted by molar-refractivity contribution is 5.77. The molecule has 0 radical (unpaired) electrons. The van der Waals surface area contributed by atoms with Crippen molar-refractivity contribution in [3.63, 3.8) is 0 Å². The summed E-state index contributed by atoms with van der Waals surface area (Å²) in [6.07, 6.45) is -55.2. The Morgan fingerprint density at radius 3 is 1.59 bits per heavy atom. The second kappa shape index (κ2) is 38.4. The lowest BCUT2D eigenvalue weighted by Crippen LogP contribution is -2.69. The molecule has 97 heavy (non-hydrogen) atoms. The molecule has 42 nitrogen and oxygen atoms in total. The van der Waals surface area contributed by atoms with Crippen molar-refractivity contribution >= 4 is 29.6 Å². The molecule has 564 valence electrons. The van der Waals surface area contributed by atoms with Crippen LogP contribution in [0.4, 0.5) is 0 Å². The van der Waals surface area contributed by atoms with Crippen LogP contribution in [-0.2, 0) is 85.6 Å². The van der Waals surface area contributed by atoms with E-state index in [0.29, 0.717) is 0 Å². The topological polar surface area (TPSA) is 658 Å². The zero-order valence-corrected chi connectivity index (χ0v) is 53.5. The van der Waals surface area contributed by atoms with Gasteiger partial charge in [-0.3, -0.25) is 19.2 Å². The molecule has 5 rings (SSSR count). The van der Waals surface area contributed by atoms with Gasteiger partial charge in [0.15, 0.2) is 31.5 Å². The molecule has 0 spiro atoms. The lowest BCUT2D eigenvalue weighted by Gasteiger charge is -2.49. The van der Waals surface area contributed by atoms with Gasteiger partial charge in [0.25, 0.3) is 5.79 Å². The number of nitrogens with one attached hydrogen (secondary N) is 4. The number of carboxylic acids is 1. The summed E-state index contributed by atoms with van der Waals surface area (Å²) >= 11 is 0. The molecule has 5 aliphatic heterocycles. The molecule has 4 amide bonds. The van der Waals surface area contributed by atoms with Gasteiger partial charge in [0.05, 0.1) is 83.3 Å². The third-order valence-electron chi connectivity index (χ3n) is 16.7. The van der Waals surface area contributed by atoms with Crippen molar-refractivity contribution in [3.05, 3.63) is 0 Å². The molecule has 17 unspecified atom stereocenters. The van der Waals surface area contributed by atoms with Gasteiger partial charge in [-0.2, -0.15) is 0 Å². The molecule has 5 heterocycles. The fourth-order valence-corrected chi connectivity index (χ4v) is 11.7. The Labute approximate surface area is 553 Å². The normalized spacial score (nSPS) is 38.5. The average Bonchev–Trinajstić information content (AvgIpc) is 0.780. The van der Waals surface area contributed by atoms with Gasteiger partial charge >= 0.3 is 5.97 Å². The Morgan fingerprint density at radius 1 is 0.557 bits per heavy atom. The van der Waals surface area contributed by atoms with Gasteiger partial charge in [-0.25, -0.2) is 4.79 Å². The number of aliphatic hydroxyl groups excluding tert-OH is 19. The zero-order valence-electron chi connectivity index (χ0n) is 53.5. The second-order valence-electron chi connectivity index (χ2n) is 23.8. The number of ether oxygens (including phenoxy) is 13. The van der Waals surface area contributed by atoms with Crippen molar-refractivity contribution in [2.45, 2.75) is 249 Å². The summed E-state index contributed by atoms with van der Waals surface area (Å²) in [6, 6.07) is -6.24. The van der Waals surface area contributed by atoms with Crippen LogP contribution in [0.15, 0.2) is 0 Å². The van der Waals surface area contributed by atoms with Crippen molar-refractivity contribution in [2.75, 3.05) is 66.6 Å². The Bertz CT molecular complexity index is 2440. The van der Waals surface area contributed by atoms with Crippen LogP contribution >= 0.6 is 0 Å². The Balaban J connectivity index is 1.33. The minimum absolute atomic E-state index is 0.558. The van der Waals surface area contributed by atoms with Crippen LogP contribution in [0.2, 0.25) is 0 Å². The number of carboxylic acid groups (broad SMARTS) is 1. The molecule has 42 heteroatoms. The van der Waals surface area contributed by atoms with Gasteiger partial charge < -0.3 is 185 Å². The number of aliphatic carboxylic acids is 1. The van der Waals surface area contributed by atoms with E-state index < -0.39 is 304 Å². The quantitative estimate of drug-likeness (QED) is 0.0259.